The Morgan fingerprint density at radius 3 is 2.74 bits per heavy atom. The number of fused-ring (bicyclic) bond motifs is 1. The van der Waals surface area contributed by atoms with Crippen LogP contribution in [0.25, 0.3) is 0 Å². The van der Waals surface area contributed by atoms with E-state index in [1.54, 1.807) is 0 Å². The molecule has 0 saturated heterocycles. The summed E-state index contributed by atoms with van der Waals surface area (Å²) in [5.41, 5.74) is 2.30. The van der Waals surface area contributed by atoms with Crippen LogP contribution >= 0.6 is 0 Å². The molecule has 2 aliphatic rings. The number of rotatable bonds is 2. The third-order valence-electron chi connectivity index (χ3n) is 4.17. The van der Waals surface area contributed by atoms with Gasteiger partial charge in [0.15, 0.2) is 0 Å². The molecule has 4 heteroatoms. The van der Waals surface area contributed by atoms with Crippen molar-refractivity contribution in [2.24, 2.45) is 0 Å². The van der Waals surface area contributed by atoms with Crippen LogP contribution in [-0.4, -0.2) is 23.2 Å². The minimum Gasteiger partial charge on any atom is -0.393 e. The minimum absolute atomic E-state index is 0.0614. The van der Waals surface area contributed by atoms with Crippen molar-refractivity contribution in [2.45, 2.75) is 50.4 Å². The van der Waals surface area contributed by atoms with Crippen LogP contribution < -0.4 is 10.6 Å². The molecule has 1 amide bonds. The van der Waals surface area contributed by atoms with Crippen LogP contribution in [0.5, 0.6) is 0 Å². The predicted molar refractivity (Wildman–Crippen MR) is 72.4 cm³/mol. The van der Waals surface area contributed by atoms with Crippen molar-refractivity contribution in [1.82, 2.24) is 10.6 Å². The molecule has 1 atom stereocenters. The lowest BCUT2D eigenvalue weighted by Crippen LogP contribution is -2.43. The van der Waals surface area contributed by atoms with Gasteiger partial charge in [0.1, 0.15) is 6.04 Å². The lowest BCUT2D eigenvalue weighted by Gasteiger charge is -2.27. The summed E-state index contributed by atoms with van der Waals surface area (Å²) in [5.74, 6) is 0.0614. The summed E-state index contributed by atoms with van der Waals surface area (Å²) in [4.78, 5) is 12.3. The Morgan fingerprint density at radius 2 is 1.95 bits per heavy atom. The average Bonchev–Trinajstić information content (AvgIpc) is 2.85. The highest BCUT2D eigenvalue weighted by molar-refractivity contribution is 5.84. The SMILES string of the molecule is O=C(NC1CCC(O)CC1)C1NCc2ccccc21. The molecule has 1 saturated carbocycles. The Morgan fingerprint density at radius 1 is 1.21 bits per heavy atom. The number of aliphatic hydroxyl groups excluding tert-OH is 1. The van der Waals surface area contributed by atoms with Gasteiger partial charge >= 0.3 is 0 Å². The Labute approximate surface area is 113 Å². The van der Waals surface area contributed by atoms with Gasteiger partial charge in [-0.2, -0.15) is 0 Å². The molecule has 3 N–H and O–H groups in total. The molecule has 1 aliphatic carbocycles. The summed E-state index contributed by atoms with van der Waals surface area (Å²) in [6.45, 7) is 0.762. The first-order valence-corrected chi connectivity index (χ1v) is 7.03. The first-order chi connectivity index (χ1) is 9.24. The first kappa shape index (κ1) is 12.6. The van der Waals surface area contributed by atoms with Crippen molar-refractivity contribution >= 4 is 5.91 Å². The first-order valence-electron chi connectivity index (χ1n) is 7.03. The highest BCUT2D eigenvalue weighted by atomic mass is 16.3. The summed E-state index contributed by atoms with van der Waals surface area (Å²) in [6, 6.07) is 8.05. The number of carbonyl (C=O) groups is 1. The maximum Gasteiger partial charge on any atom is 0.241 e. The molecule has 4 nitrogen and oxygen atoms in total. The fourth-order valence-corrected chi connectivity index (χ4v) is 3.04. The fourth-order valence-electron chi connectivity index (χ4n) is 3.04. The van der Waals surface area contributed by atoms with Crippen LogP contribution in [0.4, 0.5) is 0 Å². The van der Waals surface area contributed by atoms with Gasteiger partial charge in [-0.1, -0.05) is 24.3 Å². The summed E-state index contributed by atoms with van der Waals surface area (Å²) in [7, 11) is 0. The van der Waals surface area contributed by atoms with E-state index in [1.165, 1.54) is 5.56 Å². The largest absolute Gasteiger partial charge is 0.393 e. The Balaban J connectivity index is 1.63. The van der Waals surface area contributed by atoms with Crippen LogP contribution in [0.1, 0.15) is 42.9 Å². The fraction of sp³-hybridized carbons (Fsp3) is 0.533. The van der Waals surface area contributed by atoms with Crippen molar-refractivity contribution in [2.75, 3.05) is 0 Å². The number of amides is 1. The molecule has 1 aliphatic heterocycles. The van der Waals surface area contributed by atoms with Gasteiger partial charge in [0.25, 0.3) is 0 Å². The highest BCUT2D eigenvalue weighted by Gasteiger charge is 2.30. The van der Waals surface area contributed by atoms with Gasteiger partial charge < -0.3 is 10.4 Å². The second-order valence-corrected chi connectivity index (χ2v) is 5.53. The standard InChI is InChI=1S/C15H20N2O2/c18-12-7-5-11(6-8-12)17-15(19)14-13-4-2-1-3-10(13)9-16-14/h1-4,11-12,14,16,18H,5-9H2,(H,17,19). The molecule has 0 bridgehead atoms. The second kappa shape index (κ2) is 5.31. The van der Waals surface area contributed by atoms with Gasteiger partial charge in [-0.15, -0.1) is 0 Å². The van der Waals surface area contributed by atoms with E-state index < -0.39 is 0 Å². The molecule has 1 aromatic rings. The Hall–Kier alpha value is -1.39. The van der Waals surface area contributed by atoms with Gasteiger partial charge in [0.2, 0.25) is 5.91 Å². The zero-order valence-electron chi connectivity index (χ0n) is 10.9. The maximum absolute atomic E-state index is 12.3. The zero-order chi connectivity index (χ0) is 13.2. The van der Waals surface area contributed by atoms with Crippen molar-refractivity contribution < 1.29 is 9.90 Å². The lowest BCUT2D eigenvalue weighted by atomic mass is 9.92. The summed E-state index contributed by atoms with van der Waals surface area (Å²) in [6.07, 6.45) is 3.15. The van der Waals surface area contributed by atoms with E-state index in [9.17, 15) is 9.90 Å². The van der Waals surface area contributed by atoms with Crippen molar-refractivity contribution in [3.05, 3.63) is 35.4 Å². The predicted octanol–water partition coefficient (Wildman–Crippen LogP) is 1.25. The van der Waals surface area contributed by atoms with E-state index in [0.717, 1.165) is 37.8 Å². The average molecular weight is 260 g/mol. The summed E-state index contributed by atoms with van der Waals surface area (Å²) >= 11 is 0. The topological polar surface area (TPSA) is 61.4 Å². The van der Waals surface area contributed by atoms with Gasteiger partial charge in [-0.25, -0.2) is 0 Å². The van der Waals surface area contributed by atoms with E-state index in [-0.39, 0.29) is 24.1 Å². The molecule has 3 rings (SSSR count). The van der Waals surface area contributed by atoms with Crippen molar-refractivity contribution in [3.63, 3.8) is 0 Å². The minimum atomic E-state index is -0.219. The van der Waals surface area contributed by atoms with Crippen molar-refractivity contribution in [3.8, 4) is 0 Å². The van der Waals surface area contributed by atoms with Crippen LogP contribution in [0.2, 0.25) is 0 Å². The third-order valence-corrected chi connectivity index (χ3v) is 4.17. The van der Waals surface area contributed by atoms with E-state index in [0.29, 0.717) is 0 Å². The van der Waals surface area contributed by atoms with E-state index >= 15 is 0 Å². The molecular formula is C15H20N2O2. The Bertz CT molecular complexity index is 467. The zero-order valence-corrected chi connectivity index (χ0v) is 10.9. The molecular weight excluding hydrogens is 240 g/mol. The smallest absolute Gasteiger partial charge is 0.241 e. The van der Waals surface area contributed by atoms with Crippen molar-refractivity contribution in [1.29, 1.82) is 0 Å². The molecule has 1 aromatic carbocycles. The molecule has 19 heavy (non-hydrogen) atoms. The lowest BCUT2D eigenvalue weighted by molar-refractivity contribution is -0.124. The highest BCUT2D eigenvalue weighted by Crippen LogP contribution is 2.26. The molecule has 1 fully saturated rings. The Kier molecular flexibility index (Phi) is 3.53. The molecule has 0 aromatic heterocycles. The quantitative estimate of drug-likeness (QED) is 0.750. The van der Waals surface area contributed by atoms with Gasteiger partial charge in [-0.05, 0) is 36.8 Å². The van der Waals surface area contributed by atoms with Gasteiger partial charge in [-0.3, -0.25) is 10.1 Å². The third kappa shape index (κ3) is 2.65. The molecule has 1 unspecified atom stereocenters. The number of benzene rings is 1. The summed E-state index contributed by atoms with van der Waals surface area (Å²) < 4.78 is 0. The number of aliphatic hydroxyl groups is 1. The van der Waals surface area contributed by atoms with Gasteiger partial charge in [0.05, 0.1) is 6.10 Å². The summed E-state index contributed by atoms with van der Waals surface area (Å²) in [5, 5.41) is 15.8. The molecule has 1 heterocycles. The number of hydrogen-bond donors (Lipinski definition) is 3. The molecule has 0 radical (unpaired) electrons. The van der Waals surface area contributed by atoms with Crippen LogP contribution in [0.3, 0.4) is 0 Å². The van der Waals surface area contributed by atoms with Crippen LogP contribution in [0, 0.1) is 0 Å². The normalized spacial score (nSPS) is 29.8. The molecule has 102 valence electrons. The number of nitrogens with one attached hydrogen (secondary N) is 2. The second-order valence-electron chi connectivity index (χ2n) is 5.53. The van der Waals surface area contributed by atoms with Crippen LogP contribution in [0.15, 0.2) is 24.3 Å². The van der Waals surface area contributed by atoms with E-state index in [2.05, 4.69) is 16.7 Å². The number of hydrogen-bond acceptors (Lipinski definition) is 3. The van der Waals surface area contributed by atoms with Crippen LogP contribution in [-0.2, 0) is 11.3 Å². The van der Waals surface area contributed by atoms with E-state index in [1.807, 2.05) is 18.2 Å². The monoisotopic (exact) mass is 260 g/mol. The van der Waals surface area contributed by atoms with E-state index in [4.69, 9.17) is 0 Å². The van der Waals surface area contributed by atoms with Gasteiger partial charge in [0, 0.05) is 12.6 Å². The molecule has 0 spiro atoms. The maximum atomic E-state index is 12.3. The number of carbonyl (C=O) groups excluding carboxylic acids is 1.